The molecular weight excluding hydrogens is 320 g/mol. The van der Waals surface area contributed by atoms with Crippen LogP contribution >= 0.6 is 0 Å². The van der Waals surface area contributed by atoms with Gasteiger partial charge in [0.2, 0.25) is 0 Å². The van der Waals surface area contributed by atoms with Crippen LogP contribution in [0.2, 0.25) is 0 Å². The van der Waals surface area contributed by atoms with E-state index in [9.17, 15) is 4.79 Å². The molecule has 0 aliphatic heterocycles. The second-order valence-electron chi connectivity index (χ2n) is 5.34. The van der Waals surface area contributed by atoms with Crippen LogP contribution in [0.25, 0.3) is 0 Å². The standard InChI is InChI=1S/C19H24N2O4/c1-21(13-15-25-17-6-4-3-5-7-17)19(22)20-12-14-24-18-10-8-16(23-2)9-11-18/h3-11H,12-15H2,1-2H3,(H,20,22). The molecule has 0 bridgehead atoms. The number of hydrogen-bond acceptors (Lipinski definition) is 4. The highest BCUT2D eigenvalue weighted by atomic mass is 16.5. The van der Waals surface area contributed by atoms with Gasteiger partial charge in [-0.05, 0) is 36.4 Å². The number of hydrogen-bond donors (Lipinski definition) is 1. The molecule has 0 fully saturated rings. The minimum Gasteiger partial charge on any atom is -0.497 e. The monoisotopic (exact) mass is 344 g/mol. The number of urea groups is 1. The van der Waals surface area contributed by atoms with E-state index in [2.05, 4.69) is 5.32 Å². The van der Waals surface area contributed by atoms with Crippen LogP contribution in [0.3, 0.4) is 0 Å². The van der Waals surface area contributed by atoms with Crippen LogP contribution in [0.5, 0.6) is 17.2 Å². The molecule has 25 heavy (non-hydrogen) atoms. The summed E-state index contributed by atoms with van der Waals surface area (Å²) >= 11 is 0. The predicted octanol–water partition coefficient (Wildman–Crippen LogP) is 2.79. The number of benzene rings is 2. The van der Waals surface area contributed by atoms with Crippen molar-refractivity contribution >= 4 is 6.03 Å². The lowest BCUT2D eigenvalue weighted by atomic mass is 10.3. The van der Waals surface area contributed by atoms with E-state index in [0.717, 1.165) is 17.2 Å². The van der Waals surface area contributed by atoms with Gasteiger partial charge in [-0.2, -0.15) is 0 Å². The third-order valence-corrected chi connectivity index (χ3v) is 3.49. The molecule has 134 valence electrons. The number of carbonyl (C=O) groups is 1. The van der Waals surface area contributed by atoms with Crippen molar-refractivity contribution in [3.05, 3.63) is 54.6 Å². The Bertz CT molecular complexity index is 632. The highest BCUT2D eigenvalue weighted by Gasteiger charge is 2.07. The summed E-state index contributed by atoms with van der Waals surface area (Å²) < 4.78 is 16.2. The van der Waals surface area contributed by atoms with Gasteiger partial charge in [-0.15, -0.1) is 0 Å². The van der Waals surface area contributed by atoms with Gasteiger partial charge in [0.15, 0.2) is 0 Å². The molecule has 2 aromatic rings. The second-order valence-corrected chi connectivity index (χ2v) is 5.34. The van der Waals surface area contributed by atoms with Crippen LogP contribution in [-0.4, -0.2) is 51.4 Å². The van der Waals surface area contributed by atoms with Gasteiger partial charge in [-0.3, -0.25) is 0 Å². The maximum Gasteiger partial charge on any atom is 0.317 e. The van der Waals surface area contributed by atoms with E-state index in [-0.39, 0.29) is 6.03 Å². The summed E-state index contributed by atoms with van der Waals surface area (Å²) in [6.07, 6.45) is 0. The Morgan fingerprint density at radius 2 is 1.52 bits per heavy atom. The summed E-state index contributed by atoms with van der Waals surface area (Å²) in [5.74, 6) is 2.31. The zero-order valence-electron chi connectivity index (χ0n) is 14.6. The molecule has 6 nitrogen and oxygen atoms in total. The van der Waals surface area contributed by atoms with Crippen LogP contribution in [0.15, 0.2) is 54.6 Å². The molecule has 1 N–H and O–H groups in total. The number of carbonyl (C=O) groups excluding carboxylic acids is 1. The summed E-state index contributed by atoms with van der Waals surface area (Å²) in [5, 5.41) is 2.81. The maximum absolute atomic E-state index is 12.0. The lowest BCUT2D eigenvalue weighted by Gasteiger charge is -2.18. The number of rotatable bonds is 9. The van der Waals surface area contributed by atoms with Crippen molar-refractivity contribution in [2.45, 2.75) is 0 Å². The smallest absolute Gasteiger partial charge is 0.317 e. The first-order chi connectivity index (χ1) is 12.2. The van der Waals surface area contributed by atoms with Gasteiger partial charge in [-0.1, -0.05) is 18.2 Å². The number of likely N-dealkylation sites (N-methyl/N-ethyl adjacent to an activating group) is 1. The minimum atomic E-state index is -0.157. The normalized spacial score (nSPS) is 10.0. The highest BCUT2D eigenvalue weighted by Crippen LogP contribution is 2.16. The van der Waals surface area contributed by atoms with Crippen molar-refractivity contribution in [2.75, 3.05) is 40.5 Å². The quantitative estimate of drug-likeness (QED) is 0.711. The Labute approximate surface area is 148 Å². The van der Waals surface area contributed by atoms with E-state index >= 15 is 0 Å². The molecule has 6 heteroatoms. The van der Waals surface area contributed by atoms with Crippen molar-refractivity contribution in [3.63, 3.8) is 0 Å². The molecule has 0 aromatic heterocycles. The van der Waals surface area contributed by atoms with Crippen molar-refractivity contribution < 1.29 is 19.0 Å². The van der Waals surface area contributed by atoms with Gasteiger partial charge in [-0.25, -0.2) is 4.79 Å². The number of para-hydroxylation sites is 1. The third kappa shape index (κ3) is 6.63. The lowest BCUT2D eigenvalue weighted by Crippen LogP contribution is -2.40. The maximum atomic E-state index is 12.0. The molecular formula is C19H24N2O4. The number of ether oxygens (including phenoxy) is 3. The van der Waals surface area contributed by atoms with Crippen LogP contribution in [-0.2, 0) is 0 Å². The first-order valence-electron chi connectivity index (χ1n) is 8.12. The molecule has 0 radical (unpaired) electrons. The SMILES string of the molecule is COc1ccc(OCCNC(=O)N(C)CCOc2ccccc2)cc1. The Morgan fingerprint density at radius 1 is 0.920 bits per heavy atom. The number of nitrogens with zero attached hydrogens (tertiary/aromatic N) is 1. The Balaban J connectivity index is 1.59. The van der Waals surface area contributed by atoms with E-state index < -0.39 is 0 Å². The predicted molar refractivity (Wildman–Crippen MR) is 96.5 cm³/mol. The largest absolute Gasteiger partial charge is 0.497 e. The van der Waals surface area contributed by atoms with Crippen LogP contribution < -0.4 is 19.5 Å². The number of amides is 2. The lowest BCUT2D eigenvalue weighted by molar-refractivity contribution is 0.192. The highest BCUT2D eigenvalue weighted by molar-refractivity contribution is 5.73. The van der Waals surface area contributed by atoms with Crippen molar-refractivity contribution in [2.24, 2.45) is 0 Å². The Kier molecular flexibility index (Phi) is 7.43. The van der Waals surface area contributed by atoms with E-state index in [1.165, 1.54) is 0 Å². The number of nitrogens with one attached hydrogen (secondary N) is 1. The van der Waals surface area contributed by atoms with Crippen molar-refractivity contribution in [1.29, 1.82) is 0 Å². The Morgan fingerprint density at radius 3 is 2.20 bits per heavy atom. The molecule has 0 spiro atoms. The van der Waals surface area contributed by atoms with Crippen LogP contribution in [0, 0.1) is 0 Å². The third-order valence-electron chi connectivity index (χ3n) is 3.49. The first kappa shape index (κ1) is 18.4. The fourth-order valence-electron chi connectivity index (χ4n) is 2.05. The molecule has 0 aliphatic carbocycles. The molecule has 0 saturated carbocycles. The molecule has 2 aromatic carbocycles. The fourth-order valence-corrected chi connectivity index (χ4v) is 2.05. The van der Waals surface area contributed by atoms with Gasteiger partial charge >= 0.3 is 6.03 Å². The van der Waals surface area contributed by atoms with Crippen LogP contribution in [0.4, 0.5) is 4.79 Å². The first-order valence-corrected chi connectivity index (χ1v) is 8.12. The summed E-state index contributed by atoms with van der Waals surface area (Å²) in [4.78, 5) is 13.5. The average Bonchev–Trinajstić information content (AvgIpc) is 2.66. The summed E-state index contributed by atoms with van der Waals surface area (Å²) in [7, 11) is 3.35. The molecule has 0 aliphatic rings. The zero-order chi connectivity index (χ0) is 17.9. The van der Waals surface area contributed by atoms with Gasteiger partial charge in [0.25, 0.3) is 0 Å². The molecule has 0 atom stereocenters. The Hall–Kier alpha value is -2.89. The minimum absolute atomic E-state index is 0.157. The van der Waals surface area contributed by atoms with Gasteiger partial charge < -0.3 is 24.4 Å². The van der Waals surface area contributed by atoms with Gasteiger partial charge in [0.1, 0.15) is 30.5 Å². The molecule has 0 saturated heterocycles. The molecule has 0 unspecified atom stereocenters. The van der Waals surface area contributed by atoms with E-state index in [4.69, 9.17) is 14.2 Å². The van der Waals surface area contributed by atoms with Gasteiger partial charge in [0, 0.05) is 7.05 Å². The zero-order valence-corrected chi connectivity index (χ0v) is 14.6. The van der Waals surface area contributed by atoms with E-state index in [1.54, 1.807) is 19.1 Å². The van der Waals surface area contributed by atoms with E-state index in [0.29, 0.717) is 26.3 Å². The summed E-state index contributed by atoms with van der Waals surface area (Å²) in [6.45, 7) is 1.76. The molecule has 2 rings (SSSR count). The summed E-state index contributed by atoms with van der Waals surface area (Å²) in [5.41, 5.74) is 0. The summed E-state index contributed by atoms with van der Waals surface area (Å²) in [6, 6.07) is 16.7. The van der Waals surface area contributed by atoms with Crippen molar-refractivity contribution in [3.8, 4) is 17.2 Å². The van der Waals surface area contributed by atoms with Crippen LogP contribution in [0.1, 0.15) is 0 Å². The molecule has 0 heterocycles. The topological polar surface area (TPSA) is 60.0 Å². The van der Waals surface area contributed by atoms with E-state index in [1.807, 2.05) is 54.6 Å². The molecule has 2 amide bonds. The second kappa shape index (κ2) is 10.1. The van der Waals surface area contributed by atoms with Gasteiger partial charge in [0.05, 0.1) is 20.2 Å². The average molecular weight is 344 g/mol. The fraction of sp³-hybridized carbons (Fsp3) is 0.316. The van der Waals surface area contributed by atoms with Crippen molar-refractivity contribution in [1.82, 2.24) is 10.2 Å². The number of methoxy groups -OCH3 is 1.